The number of nitrogens with two attached hydrogens (primary N) is 1. The molecule has 0 aliphatic carbocycles. The molecule has 0 bridgehead atoms. The smallest absolute Gasteiger partial charge is 0.223 e. The Morgan fingerprint density at radius 1 is 1.47 bits per heavy atom. The summed E-state index contributed by atoms with van der Waals surface area (Å²) in [6.07, 6.45) is 0.489. The fourth-order valence-electron chi connectivity index (χ4n) is 2.10. The van der Waals surface area contributed by atoms with Gasteiger partial charge in [-0.1, -0.05) is 35.5 Å². The zero-order chi connectivity index (χ0) is 12.3. The number of carbonyl (C=O) groups excluding carboxylic acids is 1. The van der Waals surface area contributed by atoms with Crippen LogP contribution >= 0.6 is 0 Å². The summed E-state index contributed by atoms with van der Waals surface area (Å²) in [5.74, 6) is 0.313. The van der Waals surface area contributed by atoms with Gasteiger partial charge in [0.05, 0.1) is 6.54 Å². The molecule has 0 aromatic heterocycles. The normalized spacial score (nSPS) is 20.9. The van der Waals surface area contributed by atoms with E-state index in [2.05, 4.69) is 5.16 Å². The van der Waals surface area contributed by atoms with Crippen LogP contribution in [0.5, 0.6) is 0 Å². The number of hydrogen-bond donors (Lipinski definition) is 2. The topological polar surface area (TPSA) is 78.9 Å². The number of likely N-dealkylation sites (tertiary alicyclic amines) is 1. The number of oxime groups is 1. The van der Waals surface area contributed by atoms with E-state index >= 15 is 0 Å². The van der Waals surface area contributed by atoms with Crippen LogP contribution in [0.2, 0.25) is 0 Å². The summed E-state index contributed by atoms with van der Waals surface area (Å²) in [5, 5.41) is 11.4. The Morgan fingerprint density at radius 3 is 2.82 bits per heavy atom. The van der Waals surface area contributed by atoms with Crippen molar-refractivity contribution < 1.29 is 10.0 Å². The van der Waals surface area contributed by atoms with Gasteiger partial charge < -0.3 is 15.8 Å². The highest BCUT2D eigenvalue weighted by Crippen LogP contribution is 2.27. The number of carbonyl (C=O) groups is 1. The minimum atomic E-state index is 0.0467. The largest absolute Gasteiger partial charge is 0.409 e. The minimum Gasteiger partial charge on any atom is -0.409 e. The highest BCUT2D eigenvalue weighted by atomic mass is 16.4. The van der Waals surface area contributed by atoms with Gasteiger partial charge in [-0.15, -0.1) is 0 Å². The van der Waals surface area contributed by atoms with Crippen molar-refractivity contribution >= 4 is 11.7 Å². The van der Waals surface area contributed by atoms with Crippen molar-refractivity contribution in [3.8, 4) is 0 Å². The zero-order valence-corrected chi connectivity index (χ0v) is 9.41. The van der Waals surface area contributed by atoms with Crippen molar-refractivity contribution in [2.24, 2.45) is 10.9 Å². The Balaban J connectivity index is 2.05. The number of rotatable bonds is 3. The van der Waals surface area contributed by atoms with E-state index in [0.29, 0.717) is 13.0 Å². The van der Waals surface area contributed by atoms with E-state index in [-0.39, 0.29) is 24.2 Å². The van der Waals surface area contributed by atoms with Crippen LogP contribution in [0.3, 0.4) is 0 Å². The Hall–Kier alpha value is -2.04. The van der Waals surface area contributed by atoms with Crippen molar-refractivity contribution in [3.05, 3.63) is 35.9 Å². The quantitative estimate of drug-likeness (QED) is 0.350. The van der Waals surface area contributed by atoms with Crippen molar-refractivity contribution in [1.29, 1.82) is 0 Å². The predicted octanol–water partition coefficient (Wildman–Crippen LogP) is 0.749. The van der Waals surface area contributed by atoms with Gasteiger partial charge in [-0.3, -0.25) is 4.79 Å². The SMILES string of the molecule is N/C(CN1CC(c2ccccc2)CC1=O)=N\O. The molecule has 1 amide bonds. The minimum absolute atomic E-state index is 0.0467. The monoisotopic (exact) mass is 233 g/mol. The van der Waals surface area contributed by atoms with Gasteiger partial charge in [0.15, 0.2) is 5.84 Å². The van der Waals surface area contributed by atoms with E-state index in [1.165, 1.54) is 0 Å². The van der Waals surface area contributed by atoms with Gasteiger partial charge in [-0.25, -0.2) is 0 Å². The number of benzene rings is 1. The summed E-state index contributed by atoms with van der Waals surface area (Å²) in [5.41, 5.74) is 6.56. The summed E-state index contributed by atoms with van der Waals surface area (Å²) in [6.45, 7) is 0.817. The van der Waals surface area contributed by atoms with Gasteiger partial charge in [-0.05, 0) is 5.56 Å². The first-order valence-electron chi connectivity index (χ1n) is 5.50. The van der Waals surface area contributed by atoms with E-state index in [4.69, 9.17) is 10.9 Å². The lowest BCUT2D eigenvalue weighted by Crippen LogP contribution is -2.34. The van der Waals surface area contributed by atoms with Gasteiger partial charge in [0.1, 0.15) is 0 Å². The molecular weight excluding hydrogens is 218 g/mol. The molecule has 90 valence electrons. The summed E-state index contributed by atoms with van der Waals surface area (Å²) >= 11 is 0. The summed E-state index contributed by atoms with van der Waals surface area (Å²) in [7, 11) is 0. The average molecular weight is 233 g/mol. The molecule has 1 fully saturated rings. The van der Waals surface area contributed by atoms with Crippen molar-refractivity contribution in [2.45, 2.75) is 12.3 Å². The first-order chi connectivity index (χ1) is 8.20. The molecule has 5 nitrogen and oxygen atoms in total. The molecule has 1 aliphatic rings. The molecule has 17 heavy (non-hydrogen) atoms. The molecular formula is C12H15N3O2. The van der Waals surface area contributed by atoms with Crippen LogP contribution in [0.4, 0.5) is 0 Å². The highest BCUT2D eigenvalue weighted by molar-refractivity contribution is 5.88. The Labute approximate surface area is 99.5 Å². The van der Waals surface area contributed by atoms with Gasteiger partial charge in [0.2, 0.25) is 5.91 Å². The second-order valence-electron chi connectivity index (χ2n) is 4.18. The van der Waals surface area contributed by atoms with E-state index in [1.54, 1.807) is 4.90 Å². The first kappa shape index (κ1) is 11.4. The molecule has 1 aromatic rings. The second kappa shape index (κ2) is 4.86. The Kier molecular flexibility index (Phi) is 3.27. The average Bonchev–Trinajstić information content (AvgIpc) is 2.72. The van der Waals surface area contributed by atoms with Crippen LogP contribution in [0, 0.1) is 0 Å². The Bertz CT molecular complexity index is 431. The summed E-state index contributed by atoms with van der Waals surface area (Å²) in [6, 6.07) is 9.92. The van der Waals surface area contributed by atoms with Crippen LogP contribution in [0.25, 0.3) is 0 Å². The lowest BCUT2D eigenvalue weighted by molar-refractivity contribution is -0.127. The number of amidine groups is 1. The molecule has 0 spiro atoms. The molecule has 0 saturated carbocycles. The molecule has 1 atom stereocenters. The van der Waals surface area contributed by atoms with E-state index in [9.17, 15) is 4.79 Å². The first-order valence-corrected chi connectivity index (χ1v) is 5.50. The predicted molar refractivity (Wildman–Crippen MR) is 63.8 cm³/mol. The number of hydrogen-bond acceptors (Lipinski definition) is 3. The lowest BCUT2D eigenvalue weighted by Gasteiger charge is -2.15. The fraction of sp³-hybridized carbons (Fsp3) is 0.333. The van der Waals surface area contributed by atoms with Crippen LogP contribution in [-0.4, -0.2) is 34.9 Å². The van der Waals surface area contributed by atoms with Gasteiger partial charge in [0, 0.05) is 18.9 Å². The lowest BCUT2D eigenvalue weighted by atomic mass is 9.99. The molecule has 5 heteroatoms. The van der Waals surface area contributed by atoms with E-state index in [1.807, 2.05) is 30.3 Å². The van der Waals surface area contributed by atoms with Crippen molar-refractivity contribution in [3.63, 3.8) is 0 Å². The van der Waals surface area contributed by atoms with Crippen LogP contribution in [0.1, 0.15) is 17.9 Å². The van der Waals surface area contributed by atoms with Gasteiger partial charge >= 0.3 is 0 Å². The van der Waals surface area contributed by atoms with E-state index < -0.39 is 0 Å². The molecule has 3 N–H and O–H groups in total. The highest BCUT2D eigenvalue weighted by Gasteiger charge is 2.30. The molecule has 1 heterocycles. The molecule has 1 aliphatic heterocycles. The van der Waals surface area contributed by atoms with Gasteiger partial charge in [0.25, 0.3) is 0 Å². The molecule has 1 saturated heterocycles. The van der Waals surface area contributed by atoms with Crippen molar-refractivity contribution in [2.75, 3.05) is 13.1 Å². The number of amides is 1. The third-order valence-electron chi connectivity index (χ3n) is 2.97. The van der Waals surface area contributed by atoms with Gasteiger partial charge in [-0.2, -0.15) is 0 Å². The standard InChI is InChI=1S/C12H15N3O2/c13-11(14-17)8-15-7-10(6-12(15)16)9-4-2-1-3-5-9/h1-5,10,17H,6-8H2,(H2,13,14). The van der Waals surface area contributed by atoms with Crippen LogP contribution in [-0.2, 0) is 4.79 Å². The fourth-order valence-corrected chi connectivity index (χ4v) is 2.10. The summed E-state index contributed by atoms with van der Waals surface area (Å²) in [4.78, 5) is 13.4. The maximum absolute atomic E-state index is 11.7. The summed E-state index contributed by atoms with van der Waals surface area (Å²) < 4.78 is 0. The van der Waals surface area contributed by atoms with Crippen molar-refractivity contribution in [1.82, 2.24) is 4.90 Å². The molecule has 2 rings (SSSR count). The number of nitrogens with zero attached hydrogens (tertiary/aromatic N) is 2. The molecule has 1 unspecified atom stereocenters. The third-order valence-corrected chi connectivity index (χ3v) is 2.97. The van der Waals surface area contributed by atoms with E-state index in [0.717, 1.165) is 5.56 Å². The zero-order valence-electron chi connectivity index (χ0n) is 9.41. The maximum Gasteiger partial charge on any atom is 0.223 e. The second-order valence-corrected chi connectivity index (χ2v) is 4.18. The molecule has 1 aromatic carbocycles. The maximum atomic E-state index is 11.7. The molecule has 0 radical (unpaired) electrons. The van der Waals surface area contributed by atoms with Crippen LogP contribution in [0.15, 0.2) is 35.5 Å². The van der Waals surface area contributed by atoms with Crippen LogP contribution < -0.4 is 5.73 Å². The third kappa shape index (κ3) is 2.55. The Morgan fingerprint density at radius 2 is 2.18 bits per heavy atom.